The van der Waals surface area contributed by atoms with E-state index in [0.717, 1.165) is 5.56 Å². The van der Waals surface area contributed by atoms with Crippen molar-refractivity contribution in [3.8, 4) is 0 Å². The van der Waals surface area contributed by atoms with Gasteiger partial charge in [-0.3, -0.25) is 9.59 Å². The number of benzene rings is 1. The maximum atomic E-state index is 12.8. The number of amides is 1. The van der Waals surface area contributed by atoms with Crippen molar-refractivity contribution >= 4 is 21.9 Å². The van der Waals surface area contributed by atoms with Gasteiger partial charge in [0.2, 0.25) is 15.9 Å². The number of cyclic esters (lactones) is 1. The maximum Gasteiger partial charge on any atom is 0.307 e. The lowest BCUT2D eigenvalue weighted by Crippen LogP contribution is -2.53. The van der Waals surface area contributed by atoms with Crippen molar-refractivity contribution < 1.29 is 22.7 Å². The Morgan fingerprint density at radius 3 is 2.19 bits per heavy atom. The van der Waals surface area contributed by atoms with Crippen LogP contribution in [0.2, 0.25) is 0 Å². The molecule has 0 spiro atoms. The van der Waals surface area contributed by atoms with Gasteiger partial charge in [-0.1, -0.05) is 17.7 Å². The third kappa shape index (κ3) is 3.48. The van der Waals surface area contributed by atoms with Crippen LogP contribution in [0.15, 0.2) is 29.2 Å². The first-order valence-corrected chi connectivity index (χ1v) is 10.1. The van der Waals surface area contributed by atoms with Crippen LogP contribution >= 0.6 is 0 Å². The van der Waals surface area contributed by atoms with E-state index >= 15 is 0 Å². The van der Waals surface area contributed by atoms with Gasteiger partial charge in [0.05, 0.1) is 17.2 Å². The number of hydrogen-bond acceptors (Lipinski definition) is 5. The van der Waals surface area contributed by atoms with Crippen LogP contribution in [0.3, 0.4) is 0 Å². The van der Waals surface area contributed by atoms with Crippen molar-refractivity contribution in [3.63, 3.8) is 0 Å². The quantitative estimate of drug-likeness (QED) is 0.735. The number of rotatable bonds is 3. The van der Waals surface area contributed by atoms with Gasteiger partial charge in [0.25, 0.3) is 0 Å². The molecule has 0 N–H and O–H groups in total. The Morgan fingerprint density at radius 2 is 1.69 bits per heavy atom. The van der Waals surface area contributed by atoms with Crippen LogP contribution in [0.5, 0.6) is 0 Å². The minimum atomic E-state index is -3.56. The fraction of sp³-hybridized carbons (Fsp3) is 0.556. The highest BCUT2D eigenvalue weighted by molar-refractivity contribution is 7.89. The van der Waals surface area contributed by atoms with Gasteiger partial charge >= 0.3 is 5.97 Å². The van der Waals surface area contributed by atoms with E-state index in [1.807, 2.05) is 6.92 Å². The fourth-order valence-electron chi connectivity index (χ4n) is 3.43. The van der Waals surface area contributed by atoms with E-state index in [4.69, 9.17) is 4.74 Å². The van der Waals surface area contributed by atoms with Crippen LogP contribution in [-0.2, 0) is 24.3 Å². The Bertz CT molecular complexity index is 808. The van der Waals surface area contributed by atoms with E-state index in [1.54, 1.807) is 43.0 Å². The molecule has 2 aliphatic rings. The highest BCUT2D eigenvalue weighted by Crippen LogP contribution is 2.34. The molecule has 8 heteroatoms. The summed E-state index contributed by atoms with van der Waals surface area (Å²) in [5, 5.41) is 0. The molecule has 0 aliphatic carbocycles. The van der Waals surface area contributed by atoms with Crippen LogP contribution in [0.4, 0.5) is 0 Å². The molecule has 2 fully saturated rings. The third-order valence-electron chi connectivity index (χ3n) is 5.09. The topological polar surface area (TPSA) is 84.0 Å². The van der Waals surface area contributed by atoms with Gasteiger partial charge in [0.1, 0.15) is 5.60 Å². The van der Waals surface area contributed by atoms with Crippen LogP contribution < -0.4 is 0 Å². The second kappa shape index (κ2) is 6.66. The number of hydrogen-bond donors (Lipinski definition) is 0. The second-order valence-electron chi connectivity index (χ2n) is 7.38. The number of esters is 1. The van der Waals surface area contributed by atoms with Crippen molar-refractivity contribution in [2.45, 2.75) is 37.7 Å². The predicted octanol–water partition coefficient (Wildman–Crippen LogP) is 1.17. The summed E-state index contributed by atoms with van der Waals surface area (Å²) in [5.74, 6) is -1.03. The SMILES string of the molecule is Cc1ccc(S(=O)(=O)N2CCN(C(=O)C3CC(=O)OC3(C)C)CC2)cc1. The summed E-state index contributed by atoms with van der Waals surface area (Å²) in [5.41, 5.74) is 0.175. The van der Waals surface area contributed by atoms with Gasteiger partial charge in [0.15, 0.2) is 0 Å². The summed E-state index contributed by atoms with van der Waals surface area (Å²) in [7, 11) is -3.56. The van der Waals surface area contributed by atoms with Crippen molar-refractivity contribution in [2.75, 3.05) is 26.2 Å². The molecule has 0 aromatic heterocycles. The summed E-state index contributed by atoms with van der Waals surface area (Å²) < 4.78 is 32.1. The van der Waals surface area contributed by atoms with E-state index in [0.29, 0.717) is 13.1 Å². The molecule has 0 bridgehead atoms. The Balaban J connectivity index is 1.66. The monoisotopic (exact) mass is 380 g/mol. The van der Waals surface area contributed by atoms with Crippen molar-refractivity contribution in [1.29, 1.82) is 0 Å². The van der Waals surface area contributed by atoms with Gasteiger partial charge in [-0.15, -0.1) is 0 Å². The lowest BCUT2D eigenvalue weighted by atomic mass is 9.89. The molecule has 0 saturated carbocycles. The molecule has 2 aliphatic heterocycles. The number of carbonyl (C=O) groups excluding carboxylic acids is 2. The molecule has 2 heterocycles. The highest BCUT2D eigenvalue weighted by atomic mass is 32.2. The average Bonchev–Trinajstić information content (AvgIpc) is 2.87. The van der Waals surface area contributed by atoms with Crippen molar-refractivity contribution in [1.82, 2.24) is 9.21 Å². The minimum absolute atomic E-state index is 0.0771. The summed E-state index contributed by atoms with van der Waals surface area (Å²) in [6.07, 6.45) is 0.0771. The zero-order valence-corrected chi connectivity index (χ0v) is 16.1. The Kier molecular flexibility index (Phi) is 4.83. The van der Waals surface area contributed by atoms with Crippen molar-refractivity contribution in [2.24, 2.45) is 5.92 Å². The summed E-state index contributed by atoms with van der Waals surface area (Å²) in [6.45, 7) is 6.47. The molecule has 2 saturated heterocycles. The number of aryl methyl sites for hydroxylation is 1. The molecule has 1 atom stereocenters. The molecule has 1 aromatic rings. The van der Waals surface area contributed by atoms with E-state index in [9.17, 15) is 18.0 Å². The van der Waals surface area contributed by atoms with E-state index in [2.05, 4.69) is 0 Å². The molecule has 1 amide bonds. The Hall–Kier alpha value is -1.93. The molecule has 0 radical (unpaired) electrons. The first-order valence-electron chi connectivity index (χ1n) is 8.69. The highest BCUT2D eigenvalue weighted by Gasteiger charge is 2.48. The maximum absolute atomic E-state index is 12.8. The lowest BCUT2D eigenvalue weighted by Gasteiger charge is -2.36. The Morgan fingerprint density at radius 1 is 1.12 bits per heavy atom. The zero-order chi connectivity index (χ0) is 19.1. The number of sulfonamides is 1. The molecular formula is C18H24N2O5S. The minimum Gasteiger partial charge on any atom is -0.459 e. The van der Waals surface area contributed by atoms with E-state index < -0.39 is 21.5 Å². The van der Waals surface area contributed by atoms with Gasteiger partial charge in [0, 0.05) is 26.2 Å². The molecule has 26 heavy (non-hydrogen) atoms. The van der Waals surface area contributed by atoms with Crippen LogP contribution in [0.1, 0.15) is 25.8 Å². The number of ether oxygens (including phenoxy) is 1. The van der Waals surface area contributed by atoms with Crippen LogP contribution in [-0.4, -0.2) is 61.3 Å². The molecule has 1 aromatic carbocycles. The predicted molar refractivity (Wildman–Crippen MR) is 94.8 cm³/mol. The molecule has 142 valence electrons. The van der Waals surface area contributed by atoms with E-state index in [-0.39, 0.29) is 36.3 Å². The molecule has 7 nitrogen and oxygen atoms in total. The number of nitrogens with zero attached hydrogens (tertiary/aromatic N) is 2. The standard InChI is InChI=1S/C18H24N2O5S/c1-13-4-6-14(7-5-13)26(23,24)20-10-8-19(9-11-20)17(22)15-12-16(21)25-18(15,2)3/h4-7,15H,8-12H2,1-3H3. The summed E-state index contributed by atoms with van der Waals surface area (Å²) >= 11 is 0. The van der Waals surface area contributed by atoms with Gasteiger partial charge in [-0.2, -0.15) is 4.31 Å². The Labute approximate surface area is 154 Å². The zero-order valence-electron chi connectivity index (χ0n) is 15.3. The molecule has 3 rings (SSSR count). The second-order valence-corrected chi connectivity index (χ2v) is 9.31. The lowest BCUT2D eigenvalue weighted by molar-refractivity contribution is -0.149. The third-order valence-corrected chi connectivity index (χ3v) is 7.01. The number of piperazine rings is 1. The van der Waals surface area contributed by atoms with Gasteiger partial charge in [-0.25, -0.2) is 8.42 Å². The summed E-state index contributed by atoms with van der Waals surface area (Å²) in [4.78, 5) is 26.2. The van der Waals surface area contributed by atoms with E-state index in [1.165, 1.54) is 4.31 Å². The molecular weight excluding hydrogens is 356 g/mol. The van der Waals surface area contributed by atoms with Crippen molar-refractivity contribution in [3.05, 3.63) is 29.8 Å². The average molecular weight is 380 g/mol. The van der Waals surface area contributed by atoms with Gasteiger partial charge < -0.3 is 9.64 Å². The normalized spacial score (nSPS) is 23.7. The first-order chi connectivity index (χ1) is 12.1. The molecule has 1 unspecified atom stereocenters. The van der Waals surface area contributed by atoms with Crippen LogP contribution in [0.25, 0.3) is 0 Å². The number of carbonyl (C=O) groups is 2. The fourth-order valence-corrected chi connectivity index (χ4v) is 4.85. The smallest absolute Gasteiger partial charge is 0.307 e. The summed E-state index contributed by atoms with van der Waals surface area (Å²) in [6, 6.07) is 6.75. The largest absolute Gasteiger partial charge is 0.459 e. The van der Waals surface area contributed by atoms with Crippen LogP contribution in [0, 0.1) is 12.8 Å². The first kappa shape index (κ1) is 18.8. The van der Waals surface area contributed by atoms with Gasteiger partial charge in [-0.05, 0) is 32.9 Å².